The first-order chi connectivity index (χ1) is 9.20. The number of amides is 2. The molecule has 0 aliphatic carbocycles. The molecule has 0 saturated carbocycles. The van der Waals surface area contributed by atoms with Crippen molar-refractivity contribution in [3.8, 4) is 0 Å². The average Bonchev–Trinajstić information content (AvgIpc) is 2.42. The third-order valence-electron chi connectivity index (χ3n) is 3.42. The Morgan fingerprint density at radius 3 is 2.79 bits per heavy atom. The number of urea groups is 1. The molecule has 104 valence electrons. The molecule has 1 saturated heterocycles. The fourth-order valence-corrected chi connectivity index (χ4v) is 2.44. The Kier molecular flexibility index (Phi) is 4.74. The number of piperidine rings is 1. The third kappa shape index (κ3) is 3.67. The maximum atomic E-state index is 12.8. The summed E-state index contributed by atoms with van der Waals surface area (Å²) < 4.78 is 12.8. The standard InChI is InChI=1S/C14H20FN3O/c1-16-10-13-4-2-3-9-18(13)14(19)17-12-7-5-11(15)6-8-12/h5-8,13,16H,2-4,9-10H2,1H3,(H,17,19). The number of halogens is 1. The summed E-state index contributed by atoms with van der Waals surface area (Å²) >= 11 is 0. The summed E-state index contributed by atoms with van der Waals surface area (Å²) in [7, 11) is 1.89. The van der Waals surface area contributed by atoms with E-state index in [4.69, 9.17) is 0 Å². The first kappa shape index (κ1) is 13.8. The summed E-state index contributed by atoms with van der Waals surface area (Å²) in [5.41, 5.74) is 0.625. The van der Waals surface area contributed by atoms with Crippen molar-refractivity contribution in [2.45, 2.75) is 25.3 Å². The Hall–Kier alpha value is -1.62. The minimum atomic E-state index is -0.302. The minimum absolute atomic E-state index is 0.105. The van der Waals surface area contributed by atoms with Crippen LogP contribution in [-0.2, 0) is 0 Å². The molecule has 0 aromatic heterocycles. The largest absolute Gasteiger partial charge is 0.322 e. The van der Waals surface area contributed by atoms with Gasteiger partial charge in [-0.1, -0.05) is 0 Å². The van der Waals surface area contributed by atoms with Crippen molar-refractivity contribution in [2.75, 3.05) is 25.5 Å². The zero-order valence-electron chi connectivity index (χ0n) is 11.2. The van der Waals surface area contributed by atoms with Crippen molar-refractivity contribution < 1.29 is 9.18 Å². The van der Waals surface area contributed by atoms with Gasteiger partial charge in [-0.2, -0.15) is 0 Å². The fraction of sp³-hybridized carbons (Fsp3) is 0.500. The lowest BCUT2D eigenvalue weighted by Gasteiger charge is -2.35. The van der Waals surface area contributed by atoms with Gasteiger partial charge < -0.3 is 15.5 Å². The molecule has 4 nitrogen and oxygen atoms in total. The van der Waals surface area contributed by atoms with Gasteiger partial charge in [-0.25, -0.2) is 9.18 Å². The van der Waals surface area contributed by atoms with Gasteiger partial charge in [-0.3, -0.25) is 0 Å². The summed E-state index contributed by atoms with van der Waals surface area (Å²) in [6.45, 7) is 1.58. The number of benzene rings is 1. The number of nitrogens with one attached hydrogen (secondary N) is 2. The number of likely N-dealkylation sites (tertiary alicyclic amines) is 1. The number of carbonyl (C=O) groups excluding carboxylic acids is 1. The van der Waals surface area contributed by atoms with Crippen molar-refractivity contribution in [1.82, 2.24) is 10.2 Å². The third-order valence-corrected chi connectivity index (χ3v) is 3.42. The number of rotatable bonds is 3. The smallest absolute Gasteiger partial charge is 0.320 e. The molecule has 2 rings (SSSR count). The Bertz CT molecular complexity index is 419. The molecule has 0 spiro atoms. The van der Waals surface area contributed by atoms with Crippen LogP contribution < -0.4 is 10.6 Å². The van der Waals surface area contributed by atoms with Gasteiger partial charge in [0.05, 0.1) is 0 Å². The molecule has 1 aromatic rings. The van der Waals surface area contributed by atoms with E-state index in [9.17, 15) is 9.18 Å². The topological polar surface area (TPSA) is 44.4 Å². The molecule has 1 aromatic carbocycles. The number of carbonyl (C=O) groups is 1. The summed E-state index contributed by atoms with van der Waals surface area (Å²) in [5, 5.41) is 5.94. The van der Waals surface area contributed by atoms with Gasteiger partial charge in [0.2, 0.25) is 0 Å². The molecule has 2 N–H and O–H groups in total. The Balaban J connectivity index is 1.99. The molecule has 1 aliphatic rings. The highest BCUT2D eigenvalue weighted by Crippen LogP contribution is 2.18. The van der Waals surface area contributed by atoms with E-state index in [1.165, 1.54) is 12.1 Å². The molecule has 19 heavy (non-hydrogen) atoms. The lowest BCUT2D eigenvalue weighted by Crippen LogP contribution is -2.49. The summed E-state index contributed by atoms with van der Waals surface area (Å²) in [4.78, 5) is 14.1. The first-order valence-electron chi connectivity index (χ1n) is 6.68. The second-order valence-corrected chi connectivity index (χ2v) is 4.84. The predicted molar refractivity (Wildman–Crippen MR) is 73.7 cm³/mol. The van der Waals surface area contributed by atoms with Crippen LogP contribution in [0.4, 0.5) is 14.9 Å². The van der Waals surface area contributed by atoms with Gasteiger partial charge in [0.25, 0.3) is 0 Å². The normalized spacial score (nSPS) is 19.3. The van der Waals surface area contributed by atoms with Gasteiger partial charge in [0.1, 0.15) is 5.82 Å². The van der Waals surface area contributed by atoms with Gasteiger partial charge in [0.15, 0.2) is 0 Å². The van der Waals surface area contributed by atoms with E-state index in [-0.39, 0.29) is 17.9 Å². The number of nitrogens with zero attached hydrogens (tertiary/aromatic N) is 1. The van der Waals surface area contributed by atoms with Crippen molar-refractivity contribution in [3.05, 3.63) is 30.1 Å². The Morgan fingerprint density at radius 1 is 1.37 bits per heavy atom. The molecule has 1 aliphatic heterocycles. The fourth-order valence-electron chi connectivity index (χ4n) is 2.44. The second kappa shape index (κ2) is 6.52. The van der Waals surface area contributed by atoms with Crippen LogP contribution >= 0.6 is 0 Å². The van der Waals surface area contributed by atoms with E-state index in [0.29, 0.717) is 5.69 Å². The zero-order valence-corrected chi connectivity index (χ0v) is 11.2. The van der Waals surface area contributed by atoms with E-state index in [0.717, 1.165) is 32.4 Å². The van der Waals surface area contributed by atoms with E-state index < -0.39 is 0 Å². The first-order valence-corrected chi connectivity index (χ1v) is 6.68. The lowest BCUT2D eigenvalue weighted by atomic mass is 10.0. The monoisotopic (exact) mass is 265 g/mol. The van der Waals surface area contributed by atoms with Gasteiger partial charge in [-0.15, -0.1) is 0 Å². The number of likely N-dealkylation sites (N-methyl/N-ethyl adjacent to an activating group) is 1. The minimum Gasteiger partial charge on any atom is -0.320 e. The lowest BCUT2D eigenvalue weighted by molar-refractivity contribution is 0.162. The number of hydrogen-bond acceptors (Lipinski definition) is 2. The highest BCUT2D eigenvalue weighted by molar-refractivity contribution is 5.89. The van der Waals surface area contributed by atoms with Crippen LogP contribution in [0.2, 0.25) is 0 Å². The van der Waals surface area contributed by atoms with Crippen LogP contribution in [0.15, 0.2) is 24.3 Å². The maximum Gasteiger partial charge on any atom is 0.322 e. The molecular weight excluding hydrogens is 245 g/mol. The zero-order chi connectivity index (χ0) is 13.7. The molecule has 5 heteroatoms. The molecule has 1 heterocycles. The van der Waals surface area contributed by atoms with Gasteiger partial charge >= 0.3 is 6.03 Å². The second-order valence-electron chi connectivity index (χ2n) is 4.84. The molecule has 2 amide bonds. The average molecular weight is 265 g/mol. The Morgan fingerprint density at radius 2 is 2.11 bits per heavy atom. The summed E-state index contributed by atoms with van der Waals surface area (Å²) in [6.07, 6.45) is 3.22. The summed E-state index contributed by atoms with van der Waals surface area (Å²) in [6, 6.07) is 5.97. The number of hydrogen-bond donors (Lipinski definition) is 2. The Labute approximate surface area is 113 Å². The molecular formula is C14H20FN3O. The highest BCUT2D eigenvalue weighted by atomic mass is 19.1. The number of anilines is 1. The molecule has 1 fully saturated rings. The van der Waals surface area contributed by atoms with Crippen LogP contribution in [0.5, 0.6) is 0 Å². The van der Waals surface area contributed by atoms with Crippen LogP contribution in [0.3, 0.4) is 0 Å². The van der Waals surface area contributed by atoms with Crippen LogP contribution in [0.25, 0.3) is 0 Å². The van der Waals surface area contributed by atoms with E-state index in [1.807, 2.05) is 11.9 Å². The molecule has 1 atom stereocenters. The highest BCUT2D eigenvalue weighted by Gasteiger charge is 2.25. The molecule has 1 unspecified atom stereocenters. The maximum absolute atomic E-state index is 12.8. The van der Waals surface area contributed by atoms with Crippen molar-refractivity contribution in [2.24, 2.45) is 0 Å². The predicted octanol–water partition coefficient (Wildman–Crippen LogP) is 2.43. The van der Waals surface area contributed by atoms with Crippen LogP contribution in [0.1, 0.15) is 19.3 Å². The van der Waals surface area contributed by atoms with E-state index >= 15 is 0 Å². The van der Waals surface area contributed by atoms with Crippen molar-refractivity contribution >= 4 is 11.7 Å². The van der Waals surface area contributed by atoms with Crippen molar-refractivity contribution in [1.29, 1.82) is 0 Å². The van der Waals surface area contributed by atoms with E-state index in [1.54, 1.807) is 12.1 Å². The van der Waals surface area contributed by atoms with Gasteiger partial charge in [0, 0.05) is 24.8 Å². The quantitative estimate of drug-likeness (QED) is 0.881. The van der Waals surface area contributed by atoms with Gasteiger partial charge in [-0.05, 0) is 50.6 Å². The molecule has 0 bridgehead atoms. The summed E-state index contributed by atoms with van der Waals surface area (Å²) in [5.74, 6) is -0.302. The molecule has 0 radical (unpaired) electrons. The van der Waals surface area contributed by atoms with Crippen LogP contribution in [0, 0.1) is 5.82 Å². The van der Waals surface area contributed by atoms with Crippen LogP contribution in [-0.4, -0.2) is 37.1 Å². The SMILES string of the molecule is CNCC1CCCCN1C(=O)Nc1ccc(F)cc1. The van der Waals surface area contributed by atoms with Crippen molar-refractivity contribution in [3.63, 3.8) is 0 Å². The van der Waals surface area contributed by atoms with E-state index in [2.05, 4.69) is 10.6 Å².